The molecule has 3 aromatic carbocycles. The first-order chi connectivity index (χ1) is 18.2. The summed E-state index contributed by atoms with van der Waals surface area (Å²) in [6.07, 6.45) is 1.87. The fourth-order valence-corrected chi connectivity index (χ4v) is 5.36. The number of carbonyl (C=O) groups excluding carboxylic acids is 1. The number of nitrogens with one attached hydrogen (secondary N) is 2. The Labute approximate surface area is 228 Å². The van der Waals surface area contributed by atoms with Gasteiger partial charge in [-0.05, 0) is 55.7 Å². The van der Waals surface area contributed by atoms with Gasteiger partial charge in [-0.3, -0.25) is 10.0 Å². The minimum atomic E-state index is -3.35. The number of rotatable bonds is 10. The standard InChI is InChI=1S/C28H31N5O3S2/c1-20(2)33(19-18-25(21-10-6-4-7-11-21)22-12-8-5-9-13-22)28(34)30-27-29-26(31-37-27)23-14-16-24(17-15-23)32-38(3,35)36/h4-17,20,25,32H,18-19H2,1-3H3,(H,29,30,31,34). The first kappa shape index (κ1) is 27.3. The molecule has 1 aromatic heterocycles. The minimum absolute atomic E-state index is 0.00974. The SMILES string of the molecule is CC(C)N(CCC(c1ccccc1)c1ccccc1)C(=O)Nc1nc(-c2ccc(NS(C)(=O)=O)cc2)ns1. The zero-order valence-corrected chi connectivity index (χ0v) is 23.2. The van der Waals surface area contributed by atoms with E-state index in [2.05, 4.69) is 43.7 Å². The van der Waals surface area contributed by atoms with Gasteiger partial charge < -0.3 is 4.90 Å². The van der Waals surface area contributed by atoms with Crippen LogP contribution in [-0.2, 0) is 10.0 Å². The molecule has 0 aliphatic rings. The lowest BCUT2D eigenvalue weighted by Gasteiger charge is -2.29. The Hall–Kier alpha value is -3.76. The molecule has 0 aliphatic carbocycles. The Morgan fingerprint density at radius 1 is 0.921 bits per heavy atom. The van der Waals surface area contributed by atoms with Crippen LogP contribution in [0, 0.1) is 0 Å². The van der Waals surface area contributed by atoms with E-state index in [4.69, 9.17) is 0 Å². The Morgan fingerprint density at radius 3 is 2.03 bits per heavy atom. The largest absolute Gasteiger partial charge is 0.323 e. The van der Waals surface area contributed by atoms with Crippen molar-refractivity contribution >= 4 is 38.4 Å². The lowest BCUT2D eigenvalue weighted by Crippen LogP contribution is -2.41. The predicted octanol–water partition coefficient (Wildman–Crippen LogP) is 6.04. The maximum absolute atomic E-state index is 13.3. The van der Waals surface area contributed by atoms with Crippen LogP contribution >= 0.6 is 11.5 Å². The van der Waals surface area contributed by atoms with Crippen LogP contribution in [-0.4, -0.2) is 47.5 Å². The van der Waals surface area contributed by atoms with Gasteiger partial charge in [0.05, 0.1) is 6.26 Å². The Balaban J connectivity index is 1.44. The van der Waals surface area contributed by atoms with Crippen molar-refractivity contribution in [2.24, 2.45) is 0 Å². The van der Waals surface area contributed by atoms with Crippen molar-refractivity contribution in [1.29, 1.82) is 0 Å². The fraction of sp³-hybridized carbons (Fsp3) is 0.250. The van der Waals surface area contributed by atoms with E-state index in [1.807, 2.05) is 55.1 Å². The number of nitrogens with zero attached hydrogens (tertiary/aromatic N) is 3. The van der Waals surface area contributed by atoms with Crippen molar-refractivity contribution < 1.29 is 13.2 Å². The topological polar surface area (TPSA) is 104 Å². The van der Waals surface area contributed by atoms with E-state index in [-0.39, 0.29) is 18.0 Å². The molecule has 0 fully saturated rings. The zero-order chi connectivity index (χ0) is 27.1. The van der Waals surface area contributed by atoms with Crippen molar-refractivity contribution in [2.45, 2.75) is 32.2 Å². The van der Waals surface area contributed by atoms with Gasteiger partial charge in [0.15, 0.2) is 5.82 Å². The third-order valence-corrected chi connectivity index (χ3v) is 7.27. The average Bonchev–Trinajstić information content (AvgIpc) is 3.35. The summed E-state index contributed by atoms with van der Waals surface area (Å²) in [4.78, 5) is 19.5. The molecule has 10 heteroatoms. The summed E-state index contributed by atoms with van der Waals surface area (Å²) in [7, 11) is -3.35. The summed E-state index contributed by atoms with van der Waals surface area (Å²) in [6, 6.07) is 27.2. The molecular weight excluding hydrogens is 518 g/mol. The van der Waals surface area contributed by atoms with E-state index in [9.17, 15) is 13.2 Å². The van der Waals surface area contributed by atoms with Crippen LogP contribution in [0.4, 0.5) is 15.6 Å². The summed E-state index contributed by atoms with van der Waals surface area (Å²) >= 11 is 1.10. The molecule has 1 heterocycles. The van der Waals surface area contributed by atoms with Crippen molar-refractivity contribution in [3.8, 4) is 11.4 Å². The van der Waals surface area contributed by atoms with E-state index < -0.39 is 10.0 Å². The van der Waals surface area contributed by atoms with Gasteiger partial charge in [0.2, 0.25) is 15.2 Å². The van der Waals surface area contributed by atoms with Crippen LogP contribution in [0.15, 0.2) is 84.9 Å². The number of benzene rings is 3. The molecule has 4 aromatic rings. The van der Waals surface area contributed by atoms with Gasteiger partial charge in [0, 0.05) is 41.3 Å². The number of hydrogen-bond donors (Lipinski definition) is 2. The number of hydrogen-bond acceptors (Lipinski definition) is 6. The molecule has 0 radical (unpaired) electrons. The molecule has 0 unspecified atom stereocenters. The van der Waals surface area contributed by atoms with Gasteiger partial charge in [-0.25, -0.2) is 13.2 Å². The molecule has 0 aliphatic heterocycles. The highest BCUT2D eigenvalue weighted by molar-refractivity contribution is 7.92. The minimum Gasteiger partial charge on any atom is -0.322 e. The third kappa shape index (κ3) is 7.39. The molecule has 0 bridgehead atoms. The van der Waals surface area contributed by atoms with Crippen molar-refractivity contribution in [3.63, 3.8) is 0 Å². The Bertz CT molecular complexity index is 1400. The number of anilines is 2. The molecule has 4 rings (SSSR count). The molecule has 0 saturated carbocycles. The smallest absolute Gasteiger partial charge is 0.322 e. The molecule has 0 atom stereocenters. The number of aromatic nitrogens is 2. The van der Waals surface area contributed by atoms with Crippen LogP contribution < -0.4 is 10.0 Å². The van der Waals surface area contributed by atoms with Gasteiger partial charge in [-0.15, -0.1) is 0 Å². The van der Waals surface area contributed by atoms with E-state index in [0.29, 0.717) is 23.2 Å². The number of urea groups is 1. The maximum Gasteiger partial charge on any atom is 0.323 e. The van der Waals surface area contributed by atoms with Crippen LogP contribution in [0.2, 0.25) is 0 Å². The third-order valence-electron chi connectivity index (χ3n) is 6.03. The van der Waals surface area contributed by atoms with Gasteiger partial charge in [-0.1, -0.05) is 60.7 Å². The van der Waals surface area contributed by atoms with Crippen LogP contribution in [0.25, 0.3) is 11.4 Å². The van der Waals surface area contributed by atoms with E-state index in [0.717, 1.165) is 29.8 Å². The normalized spacial score (nSPS) is 11.5. The summed E-state index contributed by atoms with van der Waals surface area (Å²) in [5.74, 6) is 0.625. The summed E-state index contributed by atoms with van der Waals surface area (Å²) in [5, 5.41) is 3.30. The highest BCUT2D eigenvalue weighted by Crippen LogP contribution is 2.29. The van der Waals surface area contributed by atoms with Gasteiger partial charge in [0.1, 0.15) is 0 Å². The highest BCUT2D eigenvalue weighted by atomic mass is 32.2. The highest BCUT2D eigenvalue weighted by Gasteiger charge is 2.22. The van der Waals surface area contributed by atoms with Crippen LogP contribution in [0.5, 0.6) is 0 Å². The number of amides is 2. The first-order valence-electron chi connectivity index (χ1n) is 12.3. The van der Waals surface area contributed by atoms with Crippen molar-refractivity contribution in [1.82, 2.24) is 14.3 Å². The second-order valence-electron chi connectivity index (χ2n) is 9.25. The molecular formula is C28H31N5O3S2. The van der Waals surface area contributed by atoms with E-state index in [1.165, 1.54) is 11.1 Å². The molecule has 2 amide bonds. The lowest BCUT2D eigenvalue weighted by molar-refractivity contribution is 0.195. The number of carbonyl (C=O) groups is 1. The summed E-state index contributed by atoms with van der Waals surface area (Å²) in [5.41, 5.74) is 3.61. The average molecular weight is 550 g/mol. The predicted molar refractivity (Wildman–Crippen MR) is 154 cm³/mol. The Morgan fingerprint density at radius 2 is 1.50 bits per heavy atom. The molecule has 2 N–H and O–H groups in total. The van der Waals surface area contributed by atoms with Crippen LogP contribution in [0.1, 0.15) is 37.3 Å². The first-order valence-corrected chi connectivity index (χ1v) is 15.0. The quantitative estimate of drug-likeness (QED) is 0.251. The molecule has 8 nitrogen and oxygen atoms in total. The number of sulfonamides is 1. The van der Waals surface area contributed by atoms with Gasteiger partial charge in [0.25, 0.3) is 0 Å². The monoisotopic (exact) mass is 549 g/mol. The zero-order valence-electron chi connectivity index (χ0n) is 21.5. The lowest BCUT2D eigenvalue weighted by atomic mass is 9.88. The molecule has 198 valence electrons. The van der Waals surface area contributed by atoms with Gasteiger partial charge >= 0.3 is 6.03 Å². The van der Waals surface area contributed by atoms with E-state index in [1.54, 1.807) is 24.3 Å². The maximum atomic E-state index is 13.3. The van der Waals surface area contributed by atoms with Crippen molar-refractivity contribution in [2.75, 3.05) is 22.8 Å². The van der Waals surface area contributed by atoms with Crippen LogP contribution in [0.3, 0.4) is 0 Å². The second-order valence-corrected chi connectivity index (χ2v) is 11.8. The van der Waals surface area contributed by atoms with Gasteiger partial charge in [-0.2, -0.15) is 9.36 Å². The second kappa shape index (κ2) is 12.2. The molecule has 38 heavy (non-hydrogen) atoms. The van der Waals surface area contributed by atoms with E-state index >= 15 is 0 Å². The fourth-order valence-electron chi connectivity index (χ4n) is 4.22. The summed E-state index contributed by atoms with van der Waals surface area (Å²) < 4.78 is 29.6. The Kier molecular flexibility index (Phi) is 8.75. The molecule has 0 saturated heterocycles. The molecule has 0 spiro atoms. The van der Waals surface area contributed by atoms with Crippen molar-refractivity contribution in [3.05, 3.63) is 96.1 Å². The summed E-state index contributed by atoms with van der Waals surface area (Å²) in [6.45, 7) is 4.56.